The maximum atomic E-state index is 13.6. The summed E-state index contributed by atoms with van der Waals surface area (Å²) in [4.78, 5) is 0. The molecule has 0 spiro atoms. The summed E-state index contributed by atoms with van der Waals surface area (Å²) >= 11 is 0. The summed E-state index contributed by atoms with van der Waals surface area (Å²) in [6.07, 6.45) is 14.0. The quantitative estimate of drug-likeness (QED) is 0.0646. The normalized spacial score (nSPS) is 12.2. The molecule has 0 aliphatic carbocycles. The predicted molar refractivity (Wildman–Crippen MR) is 191 cm³/mol. The van der Waals surface area contributed by atoms with E-state index in [9.17, 15) is 9.13 Å². The highest BCUT2D eigenvalue weighted by atomic mass is 31.2. The first-order valence-corrected chi connectivity index (χ1v) is 21.3. The van der Waals surface area contributed by atoms with Crippen molar-refractivity contribution in [1.82, 2.24) is 0 Å². The van der Waals surface area contributed by atoms with Crippen molar-refractivity contribution in [1.29, 1.82) is 0 Å². The number of fused-ring (bicyclic) bond motifs is 1. The Hall–Kier alpha value is -1.40. The van der Waals surface area contributed by atoms with Crippen molar-refractivity contribution in [3.8, 4) is 11.5 Å². The van der Waals surface area contributed by atoms with Crippen LogP contribution < -0.4 is 9.47 Å². The SMILES string of the molecule is CCCCCCCCOc1c(CP(=O)(OCC)OCC)ccc2c(OCCCCCCCC)c(CP(=O)(OCC)OCC)ccc12. The average Bonchev–Trinajstić information content (AvgIpc) is 3.02. The molecule has 0 heterocycles. The lowest BCUT2D eigenvalue weighted by atomic mass is 10.0. The molecule has 0 fully saturated rings. The highest BCUT2D eigenvalue weighted by molar-refractivity contribution is 7.53. The molecule has 0 saturated heterocycles. The third-order valence-electron chi connectivity index (χ3n) is 7.78. The van der Waals surface area contributed by atoms with Crippen LogP contribution in [0.25, 0.3) is 10.8 Å². The first-order valence-electron chi connectivity index (χ1n) is 17.9. The number of rotatable bonds is 28. The molecule has 8 nitrogen and oxygen atoms in total. The summed E-state index contributed by atoms with van der Waals surface area (Å²) in [7, 11) is -6.77. The van der Waals surface area contributed by atoms with E-state index in [1.807, 2.05) is 52.0 Å². The van der Waals surface area contributed by atoms with Crippen LogP contribution in [0.15, 0.2) is 24.3 Å². The number of hydrogen-bond donors (Lipinski definition) is 0. The Morgan fingerprint density at radius 2 is 0.783 bits per heavy atom. The topological polar surface area (TPSA) is 89.5 Å². The molecule has 2 aromatic rings. The van der Waals surface area contributed by atoms with Gasteiger partial charge in [-0.1, -0.05) is 102 Å². The van der Waals surface area contributed by atoms with Gasteiger partial charge in [-0.15, -0.1) is 0 Å². The van der Waals surface area contributed by atoms with Crippen LogP contribution in [0.3, 0.4) is 0 Å². The Balaban J connectivity index is 2.54. The number of benzene rings is 2. The van der Waals surface area contributed by atoms with E-state index < -0.39 is 15.2 Å². The minimum absolute atomic E-state index is 0.107. The summed E-state index contributed by atoms with van der Waals surface area (Å²) in [6, 6.07) is 7.85. The Morgan fingerprint density at radius 3 is 1.11 bits per heavy atom. The van der Waals surface area contributed by atoms with Crippen molar-refractivity contribution in [2.75, 3.05) is 39.6 Å². The van der Waals surface area contributed by atoms with Crippen LogP contribution >= 0.6 is 15.2 Å². The van der Waals surface area contributed by atoms with Gasteiger partial charge in [-0.25, -0.2) is 0 Å². The first-order chi connectivity index (χ1) is 22.3. The van der Waals surface area contributed by atoms with E-state index in [-0.39, 0.29) is 12.3 Å². The summed E-state index contributed by atoms with van der Waals surface area (Å²) in [6.45, 7) is 14.0. The number of unbranched alkanes of at least 4 members (excludes halogenated alkanes) is 10. The minimum Gasteiger partial charge on any atom is -0.493 e. The van der Waals surface area contributed by atoms with Gasteiger partial charge in [-0.2, -0.15) is 0 Å². The molecular formula is C36H62O8P2. The lowest BCUT2D eigenvalue weighted by Crippen LogP contribution is -2.07. The molecule has 0 unspecified atom stereocenters. The van der Waals surface area contributed by atoms with E-state index in [2.05, 4.69) is 13.8 Å². The molecule has 0 aliphatic rings. The maximum Gasteiger partial charge on any atom is 0.335 e. The van der Waals surface area contributed by atoms with Gasteiger partial charge in [-0.3, -0.25) is 9.13 Å². The molecule has 0 aliphatic heterocycles. The molecule has 0 aromatic heterocycles. The zero-order valence-corrected chi connectivity index (χ0v) is 31.4. The third-order valence-corrected chi connectivity index (χ3v) is 11.8. The molecule has 0 radical (unpaired) electrons. The van der Waals surface area contributed by atoms with Gasteiger partial charge in [0, 0.05) is 21.9 Å². The van der Waals surface area contributed by atoms with Crippen LogP contribution in [-0.2, 0) is 39.5 Å². The zero-order valence-electron chi connectivity index (χ0n) is 29.6. The Morgan fingerprint density at radius 1 is 0.457 bits per heavy atom. The van der Waals surface area contributed by atoms with Gasteiger partial charge in [0.15, 0.2) is 0 Å². The van der Waals surface area contributed by atoms with Gasteiger partial charge in [0.05, 0.1) is 52.0 Å². The molecule has 10 heteroatoms. The van der Waals surface area contributed by atoms with Gasteiger partial charge in [0.2, 0.25) is 0 Å². The van der Waals surface area contributed by atoms with Crippen molar-refractivity contribution in [2.24, 2.45) is 0 Å². The average molecular weight is 685 g/mol. The largest absolute Gasteiger partial charge is 0.493 e. The van der Waals surface area contributed by atoms with Gasteiger partial charge in [-0.05, 0) is 40.5 Å². The number of ether oxygens (including phenoxy) is 2. The standard InChI is InChI=1S/C36H62O8P2/c1-7-13-15-17-19-21-27-39-35-31(29-45(37,41-9-3)42-10-4)23-26-34-33(35)25-24-32(30-46(38,43-11-5)44-12-6)36(34)40-28-22-20-18-16-14-8-2/h23-26H,7-22,27-30H2,1-6H3. The van der Waals surface area contributed by atoms with Gasteiger partial charge in [0.1, 0.15) is 11.5 Å². The van der Waals surface area contributed by atoms with Crippen LogP contribution in [0.2, 0.25) is 0 Å². The fourth-order valence-corrected chi connectivity index (χ4v) is 9.03. The molecule has 0 bridgehead atoms. The summed E-state index contributed by atoms with van der Waals surface area (Å²) in [5.41, 5.74) is 1.54. The van der Waals surface area contributed by atoms with Gasteiger partial charge >= 0.3 is 15.2 Å². The minimum atomic E-state index is -3.38. The fraction of sp³-hybridized carbons (Fsp3) is 0.722. The van der Waals surface area contributed by atoms with Gasteiger partial charge in [0.25, 0.3) is 0 Å². The second kappa shape index (κ2) is 23.0. The van der Waals surface area contributed by atoms with Gasteiger partial charge < -0.3 is 27.6 Å². The van der Waals surface area contributed by atoms with Crippen molar-refractivity contribution in [3.05, 3.63) is 35.4 Å². The molecule has 0 amide bonds. The first kappa shape index (κ1) is 40.8. The van der Waals surface area contributed by atoms with Crippen LogP contribution in [0.5, 0.6) is 11.5 Å². The second-order valence-electron chi connectivity index (χ2n) is 11.6. The van der Waals surface area contributed by atoms with E-state index in [1.165, 1.54) is 51.4 Å². The smallest absolute Gasteiger partial charge is 0.335 e. The Labute approximate surface area is 279 Å². The van der Waals surface area contributed by atoms with Crippen LogP contribution in [0.1, 0.15) is 130 Å². The summed E-state index contributed by atoms with van der Waals surface area (Å²) in [5.74, 6) is 1.33. The summed E-state index contributed by atoms with van der Waals surface area (Å²) < 4.78 is 62.9. The van der Waals surface area contributed by atoms with E-state index in [1.54, 1.807) is 0 Å². The second-order valence-corrected chi connectivity index (χ2v) is 15.8. The molecule has 2 rings (SSSR count). The monoisotopic (exact) mass is 684 g/mol. The zero-order chi connectivity index (χ0) is 33.7. The van der Waals surface area contributed by atoms with E-state index in [4.69, 9.17) is 27.6 Å². The molecule has 264 valence electrons. The summed E-state index contributed by atoms with van der Waals surface area (Å²) in [5, 5.41) is 1.71. The lowest BCUT2D eigenvalue weighted by molar-refractivity contribution is 0.217. The van der Waals surface area contributed by atoms with Crippen LogP contribution in [0, 0.1) is 0 Å². The van der Waals surface area contributed by atoms with Crippen LogP contribution in [0.4, 0.5) is 0 Å². The molecular weight excluding hydrogens is 622 g/mol. The predicted octanol–water partition coefficient (Wildman–Crippen LogP) is 11.9. The maximum absolute atomic E-state index is 13.6. The highest BCUT2D eigenvalue weighted by Crippen LogP contribution is 2.55. The van der Waals surface area contributed by atoms with E-state index in [0.717, 1.165) is 47.6 Å². The van der Waals surface area contributed by atoms with Crippen molar-refractivity contribution in [2.45, 2.75) is 131 Å². The number of hydrogen-bond acceptors (Lipinski definition) is 8. The van der Waals surface area contributed by atoms with E-state index in [0.29, 0.717) is 51.1 Å². The van der Waals surface area contributed by atoms with Crippen LogP contribution in [-0.4, -0.2) is 39.6 Å². The molecule has 0 N–H and O–H groups in total. The molecule has 0 saturated carbocycles. The fourth-order valence-electron chi connectivity index (χ4n) is 5.61. The Bertz CT molecular complexity index is 1100. The molecule has 0 atom stereocenters. The third kappa shape index (κ3) is 14.0. The van der Waals surface area contributed by atoms with Crippen molar-refractivity contribution < 1.29 is 36.7 Å². The van der Waals surface area contributed by atoms with Crippen molar-refractivity contribution >= 4 is 26.0 Å². The lowest BCUT2D eigenvalue weighted by Gasteiger charge is -2.23. The van der Waals surface area contributed by atoms with Crippen molar-refractivity contribution in [3.63, 3.8) is 0 Å². The highest BCUT2D eigenvalue weighted by Gasteiger charge is 2.29. The molecule has 46 heavy (non-hydrogen) atoms. The molecule has 2 aromatic carbocycles. The van der Waals surface area contributed by atoms with E-state index >= 15 is 0 Å². The Kier molecular flexibility index (Phi) is 20.4.